The summed E-state index contributed by atoms with van der Waals surface area (Å²) in [6, 6.07) is -1.25. The van der Waals surface area contributed by atoms with Crippen LogP contribution in [0.15, 0.2) is 4.52 Å². The van der Waals surface area contributed by atoms with Crippen molar-refractivity contribution in [1.29, 1.82) is 0 Å². The van der Waals surface area contributed by atoms with Gasteiger partial charge in [-0.2, -0.15) is 4.98 Å². The molecule has 8 nitrogen and oxygen atoms in total. The minimum absolute atomic E-state index is 0.176. The number of rotatable bonds is 6. The number of halogens is 2. The van der Waals surface area contributed by atoms with Crippen LogP contribution in [0.4, 0.5) is 13.6 Å². The number of amides is 2. The zero-order valence-corrected chi connectivity index (χ0v) is 22.2. The monoisotopic (exact) mass is 508 g/mol. The molecule has 2 saturated carbocycles. The highest BCUT2D eigenvalue weighted by Crippen LogP contribution is 2.41. The maximum Gasteiger partial charge on any atom is 0.317 e. The Hall–Kier alpha value is -1.81. The highest BCUT2D eigenvalue weighted by atomic mass is 19.3. The molecule has 3 atom stereocenters. The number of carbonyl (C=O) groups excluding carboxylic acids is 1. The van der Waals surface area contributed by atoms with Crippen LogP contribution in [0.3, 0.4) is 0 Å². The van der Waals surface area contributed by atoms with E-state index in [1.807, 2.05) is 7.05 Å². The molecule has 0 spiro atoms. The molecule has 2 amide bonds. The molecular weight excluding hydrogens is 466 g/mol. The van der Waals surface area contributed by atoms with Gasteiger partial charge in [0.05, 0.1) is 0 Å². The van der Waals surface area contributed by atoms with Crippen molar-refractivity contribution < 1.29 is 18.1 Å². The molecule has 4 fully saturated rings. The molecule has 0 radical (unpaired) electrons. The summed E-state index contributed by atoms with van der Waals surface area (Å²) in [6.07, 6.45) is 5.52. The van der Waals surface area contributed by atoms with Crippen LogP contribution in [-0.4, -0.2) is 94.2 Å². The highest BCUT2D eigenvalue weighted by molar-refractivity contribution is 5.75. The number of likely N-dealkylation sites (tertiary alicyclic amines) is 2. The van der Waals surface area contributed by atoms with E-state index in [2.05, 4.69) is 46.0 Å². The second-order valence-electron chi connectivity index (χ2n) is 12.1. The Balaban J connectivity index is 1.21. The molecule has 202 valence electrons. The first-order valence-corrected chi connectivity index (χ1v) is 13.8. The highest BCUT2D eigenvalue weighted by Gasteiger charge is 2.51. The van der Waals surface area contributed by atoms with Crippen LogP contribution < -0.4 is 5.32 Å². The molecule has 4 aliphatic rings. The van der Waals surface area contributed by atoms with Gasteiger partial charge in [0.1, 0.15) is 6.04 Å². The second-order valence-corrected chi connectivity index (χ2v) is 12.1. The molecule has 36 heavy (non-hydrogen) atoms. The van der Waals surface area contributed by atoms with E-state index in [4.69, 9.17) is 4.52 Å². The Bertz CT molecular complexity index is 927. The third-order valence-electron chi connectivity index (χ3n) is 9.22. The van der Waals surface area contributed by atoms with Crippen molar-refractivity contribution in [2.75, 3.05) is 33.2 Å². The van der Waals surface area contributed by atoms with Gasteiger partial charge in [-0.05, 0) is 65.8 Å². The summed E-state index contributed by atoms with van der Waals surface area (Å²) >= 11 is 0. The zero-order chi connectivity index (χ0) is 25.7. The van der Waals surface area contributed by atoms with Crippen LogP contribution in [0.5, 0.6) is 0 Å². The maximum absolute atomic E-state index is 15.2. The summed E-state index contributed by atoms with van der Waals surface area (Å²) in [5, 5.41) is 7.02. The molecule has 0 bridgehead atoms. The van der Waals surface area contributed by atoms with Gasteiger partial charge in [-0.3, -0.25) is 9.80 Å². The van der Waals surface area contributed by atoms with E-state index < -0.39 is 12.0 Å². The van der Waals surface area contributed by atoms with Crippen molar-refractivity contribution in [3.8, 4) is 0 Å². The van der Waals surface area contributed by atoms with Gasteiger partial charge in [0.2, 0.25) is 5.89 Å². The molecule has 0 aromatic carbocycles. The fraction of sp³-hybridized carbons (Fsp3) is 0.885. The van der Waals surface area contributed by atoms with Crippen molar-refractivity contribution in [1.82, 2.24) is 30.2 Å². The Kier molecular flexibility index (Phi) is 7.04. The van der Waals surface area contributed by atoms with Crippen molar-refractivity contribution in [2.24, 2.45) is 0 Å². The fourth-order valence-corrected chi connectivity index (χ4v) is 6.26. The van der Waals surface area contributed by atoms with Crippen LogP contribution >= 0.6 is 0 Å². The van der Waals surface area contributed by atoms with Crippen molar-refractivity contribution in [3.63, 3.8) is 0 Å². The van der Waals surface area contributed by atoms with Crippen LogP contribution in [0.2, 0.25) is 0 Å². The third kappa shape index (κ3) is 5.12. The molecule has 5 rings (SSSR count). The molecule has 0 unspecified atom stereocenters. The topological polar surface area (TPSA) is 77.7 Å². The Morgan fingerprint density at radius 3 is 2.50 bits per heavy atom. The summed E-state index contributed by atoms with van der Waals surface area (Å²) in [5.74, 6) is -1.09. The molecule has 1 aromatic heterocycles. The lowest BCUT2D eigenvalue weighted by Gasteiger charge is -2.45. The minimum atomic E-state index is -2.92. The largest absolute Gasteiger partial charge is 0.339 e. The first kappa shape index (κ1) is 25.8. The average molecular weight is 509 g/mol. The van der Waals surface area contributed by atoms with E-state index in [-0.39, 0.29) is 30.0 Å². The molecule has 3 heterocycles. The number of hydrogen-bond donors (Lipinski definition) is 1. The fourth-order valence-electron chi connectivity index (χ4n) is 6.26. The van der Waals surface area contributed by atoms with Gasteiger partial charge < -0.3 is 14.7 Å². The van der Waals surface area contributed by atoms with Crippen LogP contribution in [-0.2, 0) is 5.41 Å². The van der Waals surface area contributed by atoms with Gasteiger partial charge >= 0.3 is 6.03 Å². The first-order valence-electron chi connectivity index (χ1n) is 13.8. The minimum Gasteiger partial charge on any atom is -0.339 e. The number of carbonyl (C=O) groups is 1. The number of nitrogens with one attached hydrogen (secondary N) is 1. The van der Waals surface area contributed by atoms with E-state index in [9.17, 15) is 4.79 Å². The quantitative estimate of drug-likeness (QED) is 0.626. The van der Waals surface area contributed by atoms with Gasteiger partial charge in [0.25, 0.3) is 5.92 Å². The van der Waals surface area contributed by atoms with Gasteiger partial charge in [-0.15, -0.1) is 0 Å². The van der Waals surface area contributed by atoms with E-state index in [1.54, 1.807) is 4.90 Å². The van der Waals surface area contributed by atoms with Gasteiger partial charge in [0, 0.05) is 62.1 Å². The molecule has 2 aliphatic carbocycles. The zero-order valence-electron chi connectivity index (χ0n) is 22.2. The number of urea groups is 1. The standard InChI is InChI=1S/C26H42F2N6O2/c1-17(2)34-13-9-19(16-34)32(4)20-6-5-10-26(27,28)21(20)29-24(35)33-14-11-25(3,12-15-33)23-30-22(36-31-23)18-7-8-18/h17-21H,5-16H2,1-4H3,(H,29,35)/t19-,20+,21-/m1/s1. The van der Waals surface area contributed by atoms with Crippen LogP contribution in [0, 0.1) is 0 Å². The maximum atomic E-state index is 15.2. The molecule has 10 heteroatoms. The Morgan fingerprint density at radius 2 is 1.86 bits per heavy atom. The SMILES string of the molecule is CC(C)N1CC[C@@H](N(C)[C@H]2CCCC(F)(F)[C@@H]2NC(=O)N2CCC(C)(c3noc(C4CC4)n3)CC2)C1. The third-order valence-corrected chi connectivity index (χ3v) is 9.22. The number of alkyl halides is 2. The number of hydrogen-bond acceptors (Lipinski definition) is 6. The number of aromatic nitrogens is 2. The summed E-state index contributed by atoms with van der Waals surface area (Å²) in [5.41, 5.74) is -0.268. The number of piperidine rings is 1. The second kappa shape index (κ2) is 9.82. The molecular formula is C26H42F2N6O2. The summed E-state index contributed by atoms with van der Waals surface area (Å²) in [6.45, 7) is 9.30. The predicted octanol–water partition coefficient (Wildman–Crippen LogP) is 3.98. The first-order chi connectivity index (χ1) is 17.1. The number of nitrogens with zero attached hydrogens (tertiary/aromatic N) is 5. The van der Waals surface area contributed by atoms with Gasteiger partial charge in [-0.25, -0.2) is 13.6 Å². The summed E-state index contributed by atoms with van der Waals surface area (Å²) < 4.78 is 35.9. The smallest absolute Gasteiger partial charge is 0.317 e. The van der Waals surface area contributed by atoms with Gasteiger partial charge in [0.15, 0.2) is 5.82 Å². The van der Waals surface area contributed by atoms with Crippen molar-refractivity contribution in [2.45, 2.75) is 114 Å². The van der Waals surface area contributed by atoms with E-state index >= 15 is 8.78 Å². The van der Waals surface area contributed by atoms with E-state index in [0.717, 1.165) is 38.2 Å². The molecule has 1 N–H and O–H groups in total. The normalized spacial score (nSPS) is 30.8. The van der Waals surface area contributed by atoms with Crippen LogP contribution in [0.1, 0.15) is 89.8 Å². The van der Waals surface area contributed by atoms with Crippen LogP contribution in [0.25, 0.3) is 0 Å². The lowest BCUT2D eigenvalue weighted by Crippen LogP contribution is -2.64. The van der Waals surface area contributed by atoms with Crippen molar-refractivity contribution >= 4 is 6.03 Å². The molecule has 2 saturated heterocycles. The summed E-state index contributed by atoms with van der Waals surface area (Å²) in [7, 11) is 1.97. The predicted molar refractivity (Wildman–Crippen MR) is 132 cm³/mol. The van der Waals surface area contributed by atoms with E-state index in [0.29, 0.717) is 56.6 Å². The Labute approximate surface area is 213 Å². The van der Waals surface area contributed by atoms with Gasteiger partial charge in [-0.1, -0.05) is 12.1 Å². The summed E-state index contributed by atoms with van der Waals surface area (Å²) in [4.78, 5) is 24.1. The van der Waals surface area contributed by atoms with E-state index in [1.165, 1.54) is 0 Å². The Morgan fingerprint density at radius 1 is 1.14 bits per heavy atom. The van der Waals surface area contributed by atoms with Crippen molar-refractivity contribution in [3.05, 3.63) is 11.7 Å². The number of likely N-dealkylation sites (N-methyl/N-ethyl adjacent to an activating group) is 1. The lowest BCUT2D eigenvalue weighted by molar-refractivity contribution is -0.0933. The lowest BCUT2D eigenvalue weighted by atomic mass is 9.79. The molecule has 2 aliphatic heterocycles. The average Bonchev–Trinajstić information content (AvgIpc) is 3.34. The molecule has 1 aromatic rings.